The Morgan fingerprint density at radius 3 is 2.38 bits per heavy atom. The van der Waals surface area contributed by atoms with Crippen LogP contribution >= 0.6 is 0 Å². The second-order valence-corrected chi connectivity index (χ2v) is 7.20. The van der Waals surface area contributed by atoms with E-state index in [4.69, 9.17) is 10.9 Å². The molecule has 0 bridgehead atoms. The maximum absolute atomic E-state index is 8.78. The predicted octanol–water partition coefficient (Wildman–Crippen LogP) is 3.95. The second kappa shape index (κ2) is 6.83. The average molecular weight is 291 g/mol. The third kappa shape index (κ3) is 4.96. The minimum absolute atomic E-state index is 0.122. The van der Waals surface area contributed by atoms with Crippen LogP contribution in [0.3, 0.4) is 0 Å². The van der Waals surface area contributed by atoms with Crippen LogP contribution in [0.2, 0.25) is 0 Å². The fourth-order valence-corrected chi connectivity index (χ4v) is 2.31. The summed E-state index contributed by atoms with van der Waals surface area (Å²) in [6, 6.07) is 8.42. The molecule has 0 unspecified atom stereocenters. The summed E-state index contributed by atoms with van der Waals surface area (Å²) < 4.78 is 0. The van der Waals surface area contributed by atoms with Crippen molar-refractivity contribution in [3.8, 4) is 0 Å². The molecule has 0 amide bonds. The van der Waals surface area contributed by atoms with Crippen LogP contribution in [0, 0.1) is 5.41 Å². The smallest absolute Gasteiger partial charge is 0.144 e. The normalized spacial score (nSPS) is 13.3. The maximum atomic E-state index is 8.78. The lowest BCUT2D eigenvalue weighted by Crippen LogP contribution is -2.32. The summed E-state index contributed by atoms with van der Waals surface area (Å²) in [6.45, 7) is 11.5. The molecule has 0 spiro atoms. The number of hydrogen-bond donors (Lipinski definition) is 3. The zero-order chi connectivity index (χ0) is 16.1. The monoisotopic (exact) mass is 291 g/mol. The average Bonchev–Trinajstić information content (AvgIpc) is 2.42. The van der Waals surface area contributed by atoms with Crippen LogP contribution in [0.1, 0.15) is 53.0 Å². The third-order valence-corrected chi connectivity index (χ3v) is 3.83. The highest BCUT2D eigenvalue weighted by molar-refractivity contribution is 5.85. The van der Waals surface area contributed by atoms with Gasteiger partial charge in [-0.15, -0.1) is 0 Å². The Kier molecular flexibility index (Phi) is 5.64. The number of hydrogen-bond acceptors (Lipinski definition) is 3. The molecule has 21 heavy (non-hydrogen) atoms. The van der Waals surface area contributed by atoms with E-state index in [0.717, 1.165) is 19.4 Å². The van der Waals surface area contributed by atoms with Crippen LogP contribution in [0.25, 0.3) is 0 Å². The number of amidine groups is 1. The fraction of sp³-hybridized carbons (Fsp3) is 0.588. The van der Waals surface area contributed by atoms with E-state index in [2.05, 4.69) is 55.5 Å². The van der Waals surface area contributed by atoms with Gasteiger partial charge in [0.25, 0.3) is 0 Å². The number of nitrogens with zero attached hydrogens (tertiary/aromatic N) is 1. The molecule has 0 saturated heterocycles. The number of benzene rings is 1. The zero-order valence-electron chi connectivity index (χ0n) is 13.9. The molecule has 4 N–H and O–H groups in total. The first-order valence-electron chi connectivity index (χ1n) is 7.50. The summed E-state index contributed by atoms with van der Waals surface area (Å²) in [4.78, 5) is 0. The largest absolute Gasteiger partial charge is 0.409 e. The van der Waals surface area contributed by atoms with E-state index in [1.807, 2.05) is 13.8 Å². The molecule has 4 nitrogen and oxygen atoms in total. The SMILES string of the molecule is CC(C)(CCCNc1ccccc1C(C)(C)C)C(N)=NO. The highest BCUT2D eigenvalue weighted by Gasteiger charge is 2.23. The third-order valence-electron chi connectivity index (χ3n) is 3.83. The van der Waals surface area contributed by atoms with E-state index >= 15 is 0 Å². The van der Waals surface area contributed by atoms with Gasteiger partial charge in [-0.05, 0) is 29.9 Å². The molecule has 0 aliphatic heterocycles. The first-order valence-corrected chi connectivity index (χ1v) is 7.50. The highest BCUT2D eigenvalue weighted by Crippen LogP contribution is 2.29. The number of nitrogens with two attached hydrogens (primary N) is 1. The van der Waals surface area contributed by atoms with Gasteiger partial charge in [-0.1, -0.05) is 58.0 Å². The summed E-state index contributed by atoms with van der Waals surface area (Å²) >= 11 is 0. The molecule has 0 saturated carbocycles. The van der Waals surface area contributed by atoms with Crippen LogP contribution in [0.15, 0.2) is 29.4 Å². The molecule has 0 heterocycles. The second-order valence-electron chi connectivity index (χ2n) is 7.20. The Balaban J connectivity index is 2.59. The lowest BCUT2D eigenvalue weighted by molar-refractivity contribution is 0.305. The molecular formula is C17H29N3O. The Bertz CT molecular complexity index is 487. The topological polar surface area (TPSA) is 70.6 Å². The molecule has 118 valence electrons. The van der Waals surface area contributed by atoms with Crippen LogP contribution in [-0.4, -0.2) is 17.6 Å². The van der Waals surface area contributed by atoms with Crippen molar-refractivity contribution < 1.29 is 5.21 Å². The molecule has 0 radical (unpaired) electrons. The summed E-state index contributed by atoms with van der Waals surface area (Å²) in [5.74, 6) is 0.289. The first-order chi connectivity index (χ1) is 9.68. The minimum Gasteiger partial charge on any atom is -0.409 e. The maximum Gasteiger partial charge on any atom is 0.144 e. The van der Waals surface area contributed by atoms with Gasteiger partial charge in [-0.3, -0.25) is 0 Å². The summed E-state index contributed by atoms with van der Waals surface area (Å²) in [6.07, 6.45) is 1.83. The van der Waals surface area contributed by atoms with Crippen molar-refractivity contribution in [2.24, 2.45) is 16.3 Å². The molecular weight excluding hydrogens is 262 g/mol. The number of nitrogens with one attached hydrogen (secondary N) is 1. The molecule has 0 aromatic heterocycles. The Morgan fingerprint density at radius 1 is 1.19 bits per heavy atom. The Labute approximate surface area is 128 Å². The quantitative estimate of drug-likeness (QED) is 0.244. The van der Waals surface area contributed by atoms with E-state index in [1.165, 1.54) is 11.3 Å². The van der Waals surface area contributed by atoms with Crippen LogP contribution < -0.4 is 11.1 Å². The highest BCUT2D eigenvalue weighted by atomic mass is 16.4. The van der Waals surface area contributed by atoms with Gasteiger partial charge in [0, 0.05) is 17.6 Å². The van der Waals surface area contributed by atoms with Gasteiger partial charge in [-0.2, -0.15) is 0 Å². The molecule has 1 rings (SSSR count). The number of anilines is 1. The van der Waals surface area contributed by atoms with Gasteiger partial charge >= 0.3 is 0 Å². The van der Waals surface area contributed by atoms with Gasteiger partial charge in [0.1, 0.15) is 5.84 Å². The number of oxime groups is 1. The van der Waals surface area contributed by atoms with Gasteiger partial charge in [0.2, 0.25) is 0 Å². The zero-order valence-corrected chi connectivity index (χ0v) is 13.9. The Hall–Kier alpha value is -1.71. The first kappa shape index (κ1) is 17.3. The molecule has 0 aliphatic rings. The van der Waals surface area contributed by atoms with E-state index < -0.39 is 0 Å². The van der Waals surface area contributed by atoms with Crippen molar-refractivity contribution >= 4 is 11.5 Å². The van der Waals surface area contributed by atoms with Crippen molar-refractivity contribution in [2.45, 2.75) is 52.9 Å². The summed E-state index contributed by atoms with van der Waals surface area (Å²) in [5, 5.41) is 15.4. The Morgan fingerprint density at radius 2 is 1.81 bits per heavy atom. The molecule has 1 aromatic carbocycles. The molecule has 4 heteroatoms. The summed E-state index contributed by atoms with van der Waals surface area (Å²) in [5.41, 5.74) is 8.06. The van der Waals surface area contributed by atoms with Crippen molar-refractivity contribution in [2.75, 3.05) is 11.9 Å². The van der Waals surface area contributed by atoms with Crippen molar-refractivity contribution in [3.05, 3.63) is 29.8 Å². The molecule has 0 fully saturated rings. The van der Waals surface area contributed by atoms with E-state index in [9.17, 15) is 0 Å². The molecule has 1 aromatic rings. The van der Waals surface area contributed by atoms with E-state index in [1.54, 1.807) is 0 Å². The van der Waals surface area contributed by atoms with E-state index in [-0.39, 0.29) is 16.7 Å². The number of para-hydroxylation sites is 1. The lowest BCUT2D eigenvalue weighted by atomic mass is 9.85. The summed E-state index contributed by atoms with van der Waals surface area (Å²) in [7, 11) is 0. The van der Waals surface area contributed by atoms with Gasteiger partial charge in [0.15, 0.2) is 0 Å². The van der Waals surface area contributed by atoms with Gasteiger partial charge in [-0.25, -0.2) is 0 Å². The van der Waals surface area contributed by atoms with Crippen LogP contribution in [-0.2, 0) is 5.41 Å². The minimum atomic E-state index is -0.278. The van der Waals surface area contributed by atoms with Crippen molar-refractivity contribution in [1.82, 2.24) is 0 Å². The fourth-order valence-electron chi connectivity index (χ4n) is 2.31. The van der Waals surface area contributed by atoms with Gasteiger partial charge < -0.3 is 16.3 Å². The number of rotatable bonds is 6. The van der Waals surface area contributed by atoms with Crippen molar-refractivity contribution in [3.63, 3.8) is 0 Å². The van der Waals surface area contributed by atoms with E-state index in [0.29, 0.717) is 0 Å². The van der Waals surface area contributed by atoms with Crippen molar-refractivity contribution in [1.29, 1.82) is 0 Å². The van der Waals surface area contributed by atoms with Crippen LogP contribution in [0.5, 0.6) is 0 Å². The lowest BCUT2D eigenvalue weighted by Gasteiger charge is -2.25. The standard InChI is InChI=1S/C17H29N3O/c1-16(2,3)13-9-6-7-10-14(13)19-12-8-11-17(4,5)15(18)20-21/h6-7,9-10,19,21H,8,11-12H2,1-5H3,(H2,18,20). The molecule has 0 aliphatic carbocycles. The predicted molar refractivity (Wildman–Crippen MR) is 90.1 cm³/mol. The molecule has 0 atom stereocenters. The van der Waals surface area contributed by atoms with Gasteiger partial charge in [0.05, 0.1) is 0 Å². The van der Waals surface area contributed by atoms with Crippen LogP contribution in [0.4, 0.5) is 5.69 Å².